The largest absolute Gasteiger partial charge is 0.332 e. The summed E-state index contributed by atoms with van der Waals surface area (Å²) in [5.41, 5.74) is 4.95. The number of thiocarbonyl (C=S) groups is 1. The molecule has 0 atom stereocenters. The fourth-order valence-corrected chi connectivity index (χ4v) is 2.65. The van der Waals surface area contributed by atoms with Crippen molar-refractivity contribution in [2.45, 2.75) is 40.0 Å². The van der Waals surface area contributed by atoms with E-state index in [-0.39, 0.29) is 11.3 Å². The molecule has 4 heteroatoms. The number of hydrogen-bond acceptors (Lipinski definition) is 2. The van der Waals surface area contributed by atoms with Crippen molar-refractivity contribution in [2.24, 2.45) is 0 Å². The minimum Gasteiger partial charge on any atom is -0.332 e. The smallest absolute Gasteiger partial charge is 0.257 e. The van der Waals surface area contributed by atoms with Crippen molar-refractivity contribution in [1.29, 1.82) is 0 Å². The first-order chi connectivity index (χ1) is 11.2. The molecule has 0 saturated carbocycles. The van der Waals surface area contributed by atoms with E-state index in [1.165, 1.54) is 5.56 Å². The zero-order chi connectivity index (χ0) is 17.9. The van der Waals surface area contributed by atoms with E-state index < -0.39 is 0 Å². The Kier molecular flexibility index (Phi) is 5.40. The van der Waals surface area contributed by atoms with Gasteiger partial charge in [-0.1, -0.05) is 51.1 Å². The predicted octanol–water partition coefficient (Wildman–Crippen LogP) is 4.73. The minimum absolute atomic E-state index is 0.0637. The second-order valence-corrected chi connectivity index (χ2v) is 7.41. The highest BCUT2D eigenvalue weighted by molar-refractivity contribution is 7.80. The van der Waals surface area contributed by atoms with Gasteiger partial charge in [0, 0.05) is 11.3 Å². The zero-order valence-corrected chi connectivity index (χ0v) is 15.7. The van der Waals surface area contributed by atoms with Gasteiger partial charge in [0.15, 0.2) is 5.11 Å². The Morgan fingerprint density at radius 2 is 1.50 bits per heavy atom. The molecule has 126 valence electrons. The highest BCUT2D eigenvalue weighted by Crippen LogP contribution is 2.22. The fourth-order valence-electron chi connectivity index (χ4n) is 2.45. The Labute approximate surface area is 149 Å². The second-order valence-electron chi connectivity index (χ2n) is 7.00. The average molecular weight is 340 g/mol. The summed E-state index contributed by atoms with van der Waals surface area (Å²) in [4.78, 5) is 12.3. The lowest BCUT2D eigenvalue weighted by Crippen LogP contribution is -2.34. The molecule has 0 bridgehead atoms. The van der Waals surface area contributed by atoms with E-state index in [1.807, 2.05) is 56.3 Å². The SMILES string of the molecule is Cc1cccc(C)c1NC(=S)NC(=O)c1ccc(C(C)(C)C)cc1. The summed E-state index contributed by atoms with van der Waals surface area (Å²) >= 11 is 5.27. The van der Waals surface area contributed by atoms with Crippen LogP contribution in [0.25, 0.3) is 0 Å². The van der Waals surface area contributed by atoms with Crippen LogP contribution in [0.3, 0.4) is 0 Å². The number of anilines is 1. The van der Waals surface area contributed by atoms with E-state index in [9.17, 15) is 4.79 Å². The van der Waals surface area contributed by atoms with E-state index in [2.05, 4.69) is 31.4 Å². The predicted molar refractivity (Wildman–Crippen MR) is 105 cm³/mol. The first kappa shape index (κ1) is 18.1. The Hall–Kier alpha value is -2.20. The van der Waals surface area contributed by atoms with Crippen molar-refractivity contribution in [3.05, 3.63) is 64.7 Å². The Morgan fingerprint density at radius 3 is 2.00 bits per heavy atom. The van der Waals surface area contributed by atoms with Crippen molar-refractivity contribution in [3.8, 4) is 0 Å². The summed E-state index contributed by atoms with van der Waals surface area (Å²) in [6.07, 6.45) is 0. The maximum atomic E-state index is 12.3. The number of carbonyl (C=O) groups excluding carboxylic acids is 1. The van der Waals surface area contributed by atoms with Gasteiger partial charge < -0.3 is 5.32 Å². The lowest BCUT2D eigenvalue weighted by Gasteiger charge is -2.19. The van der Waals surface area contributed by atoms with Gasteiger partial charge in [0.1, 0.15) is 0 Å². The molecule has 0 spiro atoms. The van der Waals surface area contributed by atoms with Crippen LogP contribution >= 0.6 is 12.2 Å². The van der Waals surface area contributed by atoms with Gasteiger partial charge in [-0.3, -0.25) is 10.1 Å². The molecule has 0 aliphatic rings. The summed E-state index contributed by atoms with van der Waals surface area (Å²) in [7, 11) is 0. The van der Waals surface area contributed by atoms with Crippen LogP contribution in [-0.4, -0.2) is 11.0 Å². The Bertz CT molecular complexity index is 738. The highest BCUT2D eigenvalue weighted by atomic mass is 32.1. The Balaban J connectivity index is 2.05. The van der Waals surface area contributed by atoms with Crippen molar-refractivity contribution >= 4 is 28.9 Å². The molecule has 2 N–H and O–H groups in total. The number of benzene rings is 2. The highest BCUT2D eigenvalue weighted by Gasteiger charge is 2.15. The maximum absolute atomic E-state index is 12.3. The number of hydrogen-bond donors (Lipinski definition) is 2. The normalized spacial score (nSPS) is 11.0. The van der Waals surface area contributed by atoms with E-state index >= 15 is 0 Å². The molecule has 3 nitrogen and oxygen atoms in total. The van der Waals surface area contributed by atoms with E-state index in [4.69, 9.17) is 12.2 Å². The molecule has 2 rings (SSSR count). The molecule has 2 aromatic rings. The quantitative estimate of drug-likeness (QED) is 0.777. The van der Waals surface area contributed by atoms with Gasteiger partial charge in [-0.15, -0.1) is 0 Å². The molecule has 0 heterocycles. The zero-order valence-electron chi connectivity index (χ0n) is 14.9. The fraction of sp³-hybridized carbons (Fsp3) is 0.300. The molecule has 0 saturated heterocycles. The van der Waals surface area contributed by atoms with Gasteiger partial charge in [0.05, 0.1) is 0 Å². The number of carbonyl (C=O) groups is 1. The van der Waals surface area contributed by atoms with E-state index in [0.29, 0.717) is 10.7 Å². The van der Waals surface area contributed by atoms with Gasteiger partial charge in [-0.05, 0) is 60.3 Å². The number of para-hydroxylation sites is 1. The molecule has 0 aliphatic heterocycles. The van der Waals surface area contributed by atoms with Crippen LogP contribution in [0.5, 0.6) is 0 Å². The van der Waals surface area contributed by atoms with E-state index in [1.54, 1.807) is 0 Å². The van der Waals surface area contributed by atoms with Crippen LogP contribution in [0.15, 0.2) is 42.5 Å². The Morgan fingerprint density at radius 1 is 0.958 bits per heavy atom. The molecule has 0 fully saturated rings. The molecular formula is C20H24N2OS. The lowest BCUT2D eigenvalue weighted by molar-refractivity contribution is 0.0977. The van der Waals surface area contributed by atoms with Crippen LogP contribution in [0.1, 0.15) is 47.8 Å². The number of amides is 1. The third-order valence-corrected chi connectivity index (χ3v) is 4.16. The summed E-state index contributed by atoms with van der Waals surface area (Å²) in [5.74, 6) is -0.209. The first-order valence-corrected chi connectivity index (χ1v) is 8.38. The molecule has 0 aromatic heterocycles. The van der Waals surface area contributed by atoms with Gasteiger partial charge in [-0.25, -0.2) is 0 Å². The average Bonchev–Trinajstić information content (AvgIpc) is 2.50. The summed E-state index contributed by atoms with van der Waals surface area (Å²) < 4.78 is 0. The van der Waals surface area contributed by atoms with Crippen LogP contribution in [0, 0.1) is 13.8 Å². The first-order valence-electron chi connectivity index (χ1n) is 7.97. The van der Waals surface area contributed by atoms with Crippen molar-refractivity contribution in [3.63, 3.8) is 0 Å². The lowest BCUT2D eigenvalue weighted by atomic mass is 9.87. The molecule has 24 heavy (non-hydrogen) atoms. The van der Waals surface area contributed by atoms with E-state index in [0.717, 1.165) is 16.8 Å². The van der Waals surface area contributed by atoms with Gasteiger partial charge >= 0.3 is 0 Å². The van der Waals surface area contributed by atoms with Crippen molar-refractivity contribution in [1.82, 2.24) is 5.32 Å². The van der Waals surface area contributed by atoms with Crippen LogP contribution < -0.4 is 10.6 Å². The van der Waals surface area contributed by atoms with Gasteiger partial charge in [0.25, 0.3) is 5.91 Å². The van der Waals surface area contributed by atoms with Crippen LogP contribution in [-0.2, 0) is 5.41 Å². The molecule has 0 unspecified atom stereocenters. The molecule has 1 amide bonds. The van der Waals surface area contributed by atoms with Crippen molar-refractivity contribution in [2.75, 3.05) is 5.32 Å². The third-order valence-electron chi connectivity index (χ3n) is 3.96. The summed E-state index contributed by atoms with van der Waals surface area (Å²) in [5, 5.41) is 6.16. The topological polar surface area (TPSA) is 41.1 Å². The van der Waals surface area contributed by atoms with Crippen LogP contribution in [0.4, 0.5) is 5.69 Å². The summed E-state index contributed by atoms with van der Waals surface area (Å²) in [6.45, 7) is 10.4. The van der Waals surface area contributed by atoms with Gasteiger partial charge in [0.2, 0.25) is 0 Å². The summed E-state index contributed by atoms with van der Waals surface area (Å²) in [6, 6.07) is 13.6. The van der Waals surface area contributed by atoms with Crippen LogP contribution in [0.2, 0.25) is 0 Å². The third kappa shape index (κ3) is 4.42. The number of nitrogens with one attached hydrogen (secondary N) is 2. The maximum Gasteiger partial charge on any atom is 0.257 e. The molecule has 0 aliphatic carbocycles. The molecular weight excluding hydrogens is 316 g/mol. The molecule has 2 aromatic carbocycles. The van der Waals surface area contributed by atoms with Gasteiger partial charge in [-0.2, -0.15) is 0 Å². The number of rotatable bonds is 2. The number of aryl methyl sites for hydroxylation is 2. The standard InChI is InChI=1S/C20H24N2OS/c1-13-7-6-8-14(2)17(13)21-19(24)22-18(23)15-9-11-16(12-10-15)20(3,4)5/h6-12H,1-5H3,(H2,21,22,23,24). The van der Waals surface area contributed by atoms with Crippen molar-refractivity contribution < 1.29 is 4.79 Å². The molecule has 0 radical (unpaired) electrons. The minimum atomic E-state index is -0.209. The monoisotopic (exact) mass is 340 g/mol. The second kappa shape index (κ2) is 7.14.